The van der Waals surface area contributed by atoms with Crippen molar-refractivity contribution in [3.05, 3.63) is 28.0 Å². The van der Waals surface area contributed by atoms with Crippen molar-refractivity contribution in [2.45, 2.75) is 6.61 Å². The zero-order valence-corrected chi connectivity index (χ0v) is 8.06. The van der Waals surface area contributed by atoms with E-state index in [1.807, 2.05) is 0 Å². The summed E-state index contributed by atoms with van der Waals surface area (Å²) >= 11 is 3.12. The highest BCUT2D eigenvalue weighted by atomic mass is 79.9. The highest BCUT2D eigenvalue weighted by Gasteiger charge is 2.06. The first kappa shape index (κ1) is 9.48. The molecule has 0 aliphatic rings. The van der Waals surface area contributed by atoms with E-state index < -0.39 is 5.82 Å². The van der Waals surface area contributed by atoms with E-state index in [9.17, 15) is 4.39 Å². The average molecular weight is 235 g/mol. The van der Waals surface area contributed by atoms with Gasteiger partial charge in [-0.25, -0.2) is 4.39 Å². The first-order valence-electron chi connectivity index (χ1n) is 3.31. The number of hydrogen-bond acceptors (Lipinski definition) is 2. The van der Waals surface area contributed by atoms with Gasteiger partial charge in [-0.2, -0.15) is 0 Å². The number of benzene rings is 1. The van der Waals surface area contributed by atoms with Crippen LogP contribution in [0.2, 0.25) is 0 Å². The Morgan fingerprint density at radius 3 is 2.75 bits per heavy atom. The molecule has 0 fully saturated rings. The van der Waals surface area contributed by atoms with Crippen molar-refractivity contribution >= 4 is 15.9 Å². The van der Waals surface area contributed by atoms with Crippen LogP contribution in [0.1, 0.15) is 5.56 Å². The molecule has 0 saturated carbocycles. The van der Waals surface area contributed by atoms with Crippen molar-refractivity contribution in [2.24, 2.45) is 0 Å². The van der Waals surface area contributed by atoms with Gasteiger partial charge in [0, 0.05) is 5.56 Å². The molecular formula is C8H8BrFO2. The van der Waals surface area contributed by atoms with Crippen LogP contribution in [0.15, 0.2) is 16.6 Å². The standard InChI is InChI=1S/C8H8BrFO2/c1-12-8-2-5(4-11)7(10)3-6(8)9/h2-3,11H,4H2,1H3. The largest absolute Gasteiger partial charge is 0.496 e. The van der Waals surface area contributed by atoms with E-state index in [0.717, 1.165) is 0 Å². The summed E-state index contributed by atoms with van der Waals surface area (Å²) < 4.78 is 18.4. The molecule has 66 valence electrons. The lowest BCUT2D eigenvalue weighted by molar-refractivity contribution is 0.274. The smallest absolute Gasteiger partial charge is 0.133 e. The fourth-order valence-corrected chi connectivity index (χ4v) is 1.33. The van der Waals surface area contributed by atoms with Gasteiger partial charge in [0.15, 0.2) is 0 Å². The van der Waals surface area contributed by atoms with Gasteiger partial charge in [-0.3, -0.25) is 0 Å². The molecule has 2 nitrogen and oxygen atoms in total. The summed E-state index contributed by atoms with van der Waals surface area (Å²) in [7, 11) is 1.49. The van der Waals surface area contributed by atoms with Crippen LogP contribution in [0.3, 0.4) is 0 Å². The molecule has 1 N–H and O–H groups in total. The summed E-state index contributed by atoms with van der Waals surface area (Å²) in [5, 5.41) is 8.72. The van der Waals surface area contributed by atoms with E-state index in [-0.39, 0.29) is 12.2 Å². The van der Waals surface area contributed by atoms with Crippen LogP contribution >= 0.6 is 15.9 Å². The minimum absolute atomic E-state index is 0.232. The zero-order chi connectivity index (χ0) is 9.14. The molecule has 0 bridgehead atoms. The third kappa shape index (κ3) is 1.76. The Labute approximate surface area is 78.1 Å². The number of methoxy groups -OCH3 is 1. The van der Waals surface area contributed by atoms with Crippen LogP contribution in [0.4, 0.5) is 4.39 Å². The van der Waals surface area contributed by atoms with Crippen molar-refractivity contribution in [3.8, 4) is 5.75 Å². The maximum Gasteiger partial charge on any atom is 0.133 e. The summed E-state index contributed by atoms with van der Waals surface area (Å²) in [6.45, 7) is -0.324. The molecule has 0 atom stereocenters. The molecule has 1 rings (SSSR count). The molecule has 1 aromatic rings. The van der Waals surface area contributed by atoms with Gasteiger partial charge in [0.1, 0.15) is 11.6 Å². The molecule has 0 aliphatic heterocycles. The average Bonchev–Trinajstić information content (AvgIpc) is 2.05. The van der Waals surface area contributed by atoms with E-state index in [2.05, 4.69) is 15.9 Å². The quantitative estimate of drug-likeness (QED) is 0.850. The van der Waals surface area contributed by atoms with Gasteiger partial charge in [0.2, 0.25) is 0 Å². The van der Waals surface area contributed by atoms with E-state index >= 15 is 0 Å². The lowest BCUT2D eigenvalue weighted by Gasteiger charge is -2.05. The Hall–Kier alpha value is -0.610. The van der Waals surface area contributed by atoms with Gasteiger partial charge in [-0.1, -0.05) is 0 Å². The molecule has 12 heavy (non-hydrogen) atoms. The summed E-state index contributed by atoms with van der Waals surface area (Å²) in [6.07, 6.45) is 0. The van der Waals surface area contributed by atoms with E-state index in [1.54, 1.807) is 0 Å². The Balaban J connectivity index is 3.18. The van der Waals surface area contributed by atoms with Gasteiger partial charge in [-0.15, -0.1) is 0 Å². The van der Waals surface area contributed by atoms with Crippen LogP contribution < -0.4 is 4.74 Å². The normalized spacial score (nSPS) is 10.0. The highest BCUT2D eigenvalue weighted by molar-refractivity contribution is 9.10. The van der Waals surface area contributed by atoms with Crippen molar-refractivity contribution < 1.29 is 14.2 Å². The maximum atomic E-state index is 12.9. The number of halogens is 2. The SMILES string of the molecule is COc1cc(CO)c(F)cc1Br. The zero-order valence-electron chi connectivity index (χ0n) is 6.47. The Kier molecular flexibility index (Phi) is 3.05. The van der Waals surface area contributed by atoms with Gasteiger partial charge < -0.3 is 9.84 Å². The third-order valence-corrected chi connectivity index (χ3v) is 2.11. The number of rotatable bonds is 2. The molecule has 0 spiro atoms. The van der Waals surface area contributed by atoms with E-state index in [4.69, 9.17) is 9.84 Å². The minimum atomic E-state index is -0.440. The molecule has 1 aromatic carbocycles. The first-order valence-corrected chi connectivity index (χ1v) is 4.11. The predicted molar refractivity (Wildman–Crippen MR) is 46.6 cm³/mol. The monoisotopic (exact) mass is 234 g/mol. The molecule has 0 aromatic heterocycles. The van der Waals surface area contributed by atoms with Crippen molar-refractivity contribution in [1.82, 2.24) is 0 Å². The lowest BCUT2D eigenvalue weighted by Crippen LogP contribution is -1.93. The molecule has 0 radical (unpaired) electrons. The van der Waals surface area contributed by atoms with Gasteiger partial charge >= 0.3 is 0 Å². The van der Waals surface area contributed by atoms with Gasteiger partial charge in [-0.05, 0) is 28.1 Å². The molecule has 0 aliphatic carbocycles. The van der Waals surface area contributed by atoms with Crippen LogP contribution in [-0.2, 0) is 6.61 Å². The number of aliphatic hydroxyl groups excluding tert-OH is 1. The second-order valence-corrected chi connectivity index (χ2v) is 3.09. The summed E-state index contributed by atoms with van der Waals surface area (Å²) in [4.78, 5) is 0. The Morgan fingerprint density at radius 1 is 1.58 bits per heavy atom. The summed E-state index contributed by atoms with van der Waals surface area (Å²) in [6, 6.07) is 2.73. The number of aliphatic hydroxyl groups is 1. The molecule has 0 saturated heterocycles. The number of ether oxygens (including phenoxy) is 1. The van der Waals surface area contributed by atoms with Crippen LogP contribution in [0, 0.1) is 5.82 Å². The fourth-order valence-electron chi connectivity index (χ4n) is 0.849. The predicted octanol–water partition coefficient (Wildman–Crippen LogP) is 2.09. The summed E-state index contributed by atoms with van der Waals surface area (Å²) in [5.74, 6) is 0.0747. The molecule has 0 heterocycles. The molecular weight excluding hydrogens is 227 g/mol. The fraction of sp³-hybridized carbons (Fsp3) is 0.250. The molecule has 0 amide bonds. The van der Waals surface area contributed by atoms with Crippen molar-refractivity contribution in [1.29, 1.82) is 0 Å². The first-order chi connectivity index (χ1) is 5.69. The van der Waals surface area contributed by atoms with Gasteiger partial charge in [0.25, 0.3) is 0 Å². The van der Waals surface area contributed by atoms with Crippen LogP contribution in [0.5, 0.6) is 5.75 Å². The van der Waals surface area contributed by atoms with Crippen LogP contribution in [0.25, 0.3) is 0 Å². The third-order valence-electron chi connectivity index (χ3n) is 1.49. The number of hydrogen-bond donors (Lipinski definition) is 1. The van der Waals surface area contributed by atoms with Gasteiger partial charge in [0.05, 0.1) is 18.2 Å². The van der Waals surface area contributed by atoms with Crippen molar-refractivity contribution in [3.63, 3.8) is 0 Å². The Bertz CT molecular complexity index is 263. The second kappa shape index (κ2) is 3.87. The lowest BCUT2D eigenvalue weighted by atomic mass is 10.2. The topological polar surface area (TPSA) is 29.5 Å². The molecule has 4 heteroatoms. The van der Waals surface area contributed by atoms with E-state index in [0.29, 0.717) is 10.2 Å². The second-order valence-electron chi connectivity index (χ2n) is 2.24. The minimum Gasteiger partial charge on any atom is -0.496 e. The summed E-state index contributed by atoms with van der Waals surface area (Å²) in [5.41, 5.74) is 0.232. The van der Waals surface area contributed by atoms with E-state index in [1.165, 1.54) is 19.2 Å². The maximum absolute atomic E-state index is 12.9. The Morgan fingerprint density at radius 2 is 2.25 bits per heavy atom. The van der Waals surface area contributed by atoms with Crippen LogP contribution in [-0.4, -0.2) is 12.2 Å². The highest BCUT2D eigenvalue weighted by Crippen LogP contribution is 2.27. The van der Waals surface area contributed by atoms with Crippen molar-refractivity contribution in [2.75, 3.05) is 7.11 Å². The molecule has 0 unspecified atom stereocenters.